The van der Waals surface area contributed by atoms with Crippen LogP contribution in [0.25, 0.3) is 0 Å². The lowest BCUT2D eigenvalue weighted by molar-refractivity contribution is -0.145. The zero-order chi connectivity index (χ0) is 13.1. The molecule has 0 aliphatic heterocycles. The SMILES string of the molecule is O=C(O)C1CCCC1C(=O)Nc1ccccc1Cl. The van der Waals surface area contributed by atoms with Gasteiger partial charge in [-0.15, -0.1) is 0 Å². The van der Waals surface area contributed by atoms with Crippen LogP contribution >= 0.6 is 11.6 Å². The van der Waals surface area contributed by atoms with Crippen LogP contribution in [0.3, 0.4) is 0 Å². The van der Waals surface area contributed by atoms with E-state index in [4.69, 9.17) is 16.7 Å². The molecule has 4 nitrogen and oxygen atoms in total. The van der Waals surface area contributed by atoms with E-state index in [0.29, 0.717) is 23.6 Å². The van der Waals surface area contributed by atoms with Gasteiger partial charge in [0.05, 0.1) is 22.5 Å². The number of hydrogen-bond donors (Lipinski definition) is 2. The zero-order valence-corrected chi connectivity index (χ0v) is 10.5. The van der Waals surface area contributed by atoms with Crippen LogP contribution in [0.5, 0.6) is 0 Å². The van der Waals surface area contributed by atoms with Crippen molar-refractivity contribution in [2.75, 3.05) is 5.32 Å². The van der Waals surface area contributed by atoms with E-state index in [-0.39, 0.29) is 5.91 Å². The van der Waals surface area contributed by atoms with Crippen LogP contribution in [0.1, 0.15) is 19.3 Å². The van der Waals surface area contributed by atoms with Gasteiger partial charge in [-0.3, -0.25) is 9.59 Å². The number of halogens is 1. The highest BCUT2D eigenvalue weighted by atomic mass is 35.5. The molecule has 2 rings (SSSR count). The second-order valence-corrected chi connectivity index (χ2v) is 4.86. The Morgan fingerprint density at radius 1 is 1.22 bits per heavy atom. The number of hydrogen-bond acceptors (Lipinski definition) is 2. The molecule has 0 aromatic heterocycles. The Balaban J connectivity index is 2.08. The Morgan fingerprint density at radius 2 is 1.89 bits per heavy atom. The summed E-state index contributed by atoms with van der Waals surface area (Å²) in [4.78, 5) is 23.1. The van der Waals surface area contributed by atoms with Crippen molar-refractivity contribution in [2.45, 2.75) is 19.3 Å². The third-order valence-corrected chi connectivity index (χ3v) is 3.63. The van der Waals surface area contributed by atoms with Crippen molar-refractivity contribution in [1.29, 1.82) is 0 Å². The molecular formula is C13H14ClNO3. The van der Waals surface area contributed by atoms with E-state index in [2.05, 4.69) is 5.32 Å². The maximum Gasteiger partial charge on any atom is 0.307 e. The summed E-state index contributed by atoms with van der Waals surface area (Å²) in [6.07, 6.45) is 1.96. The summed E-state index contributed by atoms with van der Waals surface area (Å²) in [5.74, 6) is -2.19. The fourth-order valence-electron chi connectivity index (χ4n) is 2.36. The molecule has 1 aliphatic rings. The van der Waals surface area contributed by atoms with Gasteiger partial charge in [0.15, 0.2) is 0 Å². The van der Waals surface area contributed by atoms with Gasteiger partial charge in [-0.1, -0.05) is 30.2 Å². The van der Waals surface area contributed by atoms with Gasteiger partial charge in [0.2, 0.25) is 5.91 Å². The predicted molar refractivity (Wildman–Crippen MR) is 68.5 cm³/mol. The van der Waals surface area contributed by atoms with Crippen molar-refractivity contribution >= 4 is 29.2 Å². The molecule has 1 saturated carbocycles. The zero-order valence-electron chi connectivity index (χ0n) is 9.73. The van der Waals surface area contributed by atoms with Crippen molar-refractivity contribution in [3.8, 4) is 0 Å². The summed E-state index contributed by atoms with van der Waals surface area (Å²) < 4.78 is 0. The molecule has 96 valence electrons. The van der Waals surface area contributed by atoms with Crippen molar-refractivity contribution in [1.82, 2.24) is 0 Å². The molecule has 0 radical (unpaired) electrons. The number of aliphatic carboxylic acids is 1. The summed E-state index contributed by atoms with van der Waals surface area (Å²) >= 11 is 5.94. The first kappa shape index (κ1) is 12.9. The molecule has 1 aromatic rings. The van der Waals surface area contributed by atoms with Gasteiger partial charge < -0.3 is 10.4 Å². The van der Waals surface area contributed by atoms with Crippen LogP contribution in [0.4, 0.5) is 5.69 Å². The van der Waals surface area contributed by atoms with Gasteiger partial charge in [0, 0.05) is 0 Å². The van der Waals surface area contributed by atoms with Crippen LogP contribution in [0.2, 0.25) is 5.02 Å². The summed E-state index contributed by atoms with van der Waals surface area (Å²) in [5.41, 5.74) is 0.528. The molecule has 2 unspecified atom stereocenters. The van der Waals surface area contributed by atoms with E-state index in [1.807, 2.05) is 0 Å². The molecule has 1 amide bonds. The number of amides is 1. The molecule has 0 bridgehead atoms. The van der Waals surface area contributed by atoms with Crippen LogP contribution in [0, 0.1) is 11.8 Å². The number of carboxylic acids is 1. The normalized spacial score (nSPS) is 22.7. The van der Waals surface area contributed by atoms with Crippen LogP contribution in [-0.4, -0.2) is 17.0 Å². The number of rotatable bonds is 3. The summed E-state index contributed by atoms with van der Waals surface area (Å²) in [5, 5.41) is 12.2. The first-order chi connectivity index (χ1) is 8.59. The number of carboxylic acid groups (broad SMARTS) is 1. The van der Waals surface area contributed by atoms with E-state index >= 15 is 0 Å². The molecule has 1 aromatic carbocycles. The first-order valence-corrected chi connectivity index (χ1v) is 6.25. The third-order valence-electron chi connectivity index (χ3n) is 3.30. The van der Waals surface area contributed by atoms with Crippen molar-refractivity contribution in [3.63, 3.8) is 0 Å². The number of para-hydroxylation sites is 1. The minimum absolute atomic E-state index is 0.256. The first-order valence-electron chi connectivity index (χ1n) is 5.88. The van der Waals surface area contributed by atoms with Crippen molar-refractivity contribution in [3.05, 3.63) is 29.3 Å². The molecule has 0 spiro atoms. The largest absolute Gasteiger partial charge is 0.481 e. The maximum atomic E-state index is 12.0. The second kappa shape index (κ2) is 5.40. The van der Waals surface area contributed by atoms with Crippen LogP contribution in [-0.2, 0) is 9.59 Å². The summed E-state index contributed by atoms with van der Waals surface area (Å²) in [6.45, 7) is 0. The molecule has 0 heterocycles. The highest BCUT2D eigenvalue weighted by Gasteiger charge is 2.37. The lowest BCUT2D eigenvalue weighted by Gasteiger charge is -2.16. The number of carbonyl (C=O) groups is 2. The van der Waals surface area contributed by atoms with Gasteiger partial charge in [0.25, 0.3) is 0 Å². The standard InChI is InChI=1S/C13H14ClNO3/c14-10-6-1-2-7-11(10)15-12(16)8-4-3-5-9(8)13(17)18/h1-2,6-9H,3-5H2,(H,15,16)(H,17,18). The number of carbonyl (C=O) groups excluding carboxylic acids is 1. The Kier molecular flexibility index (Phi) is 3.87. The Labute approximate surface area is 110 Å². The second-order valence-electron chi connectivity index (χ2n) is 4.45. The van der Waals surface area contributed by atoms with Gasteiger partial charge in [0.1, 0.15) is 0 Å². The molecule has 5 heteroatoms. The fourth-order valence-corrected chi connectivity index (χ4v) is 2.54. The highest BCUT2D eigenvalue weighted by molar-refractivity contribution is 6.33. The Hall–Kier alpha value is -1.55. The van der Waals surface area contributed by atoms with Gasteiger partial charge in [-0.2, -0.15) is 0 Å². The molecule has 18 heavy (non-hydrogen) atoms. The smallest absolute Gasteiger partial charge is 0.307 e. The molecule has 2 atom stereocenters. The number of benzene rings is 1. The van der Waals surface area contributed by atoms with Gasteiger partial charge in [-0.25, -0.2) is 0 Å². The molecular weight excluding hydrogens is 254 g/mol. The minimum atomic E-state index is -0.896. The average molecular weight is 268 g/mol. The van der Waals surface area contributed by atoms with Crippen molar-refractivity contribution in [2.24, 2.45) is 11.8 Å². The summed E-state index contributed by atoms with van der Waals surface area (Å²) in [7, 11) is 0. The van der Waals surface area contributed by atoms with E-state index in [9.17, 15) is 9.59 Å². The number of anilines is 1. The minimum Gasteiger partial charge on any atom is -0.481 e. The maximum absolute atomic E-state index is 12.0. The Bertz CT molecular complexity index is 475. The monoisotopic (exact) mass is 267 g/mol. The number of nitrogens with one attached hydrogen (secondary N) is 1. The average Bonchev–Trinajstić information content (AvgIpc) is 2.81. The van der Waals surface area contributed by atoms with Gasteiger partial charge >= 0.3 is 5.97 Å². The van der Waals surface area contributed by atoms with E-state index in [1.165, 1.54) is 0 Å². The van der Waals surface area contributed by atoms with E-state index in [0.717, 1.165) is 6.42 Å². The lowest BCUT2D eigenvalue weighted by atomic mass is 9.95. The quantitative estimate of drug-likeness (QED) is 0.885. The van der Waals surface area contributed by atoms with Crippen LogP contribution < -0.4 is 5.32 Å². The van der Waals surface area contributed by atoms with E-state index < -0.39 is 17.8 Å². The third kappa shape index (κ3) is 2.64. The summed E-state index contributed by atoms with van der Waals surface area (Å²) in [6, 6.07) is 6.92. The molecule has 0 saturated heterocycles. The van der Waals surface area contributed by atoms with Crippen molar-refractivity contribution < 1.29 is 14.7 Å². The van der Waals surface area contributed by atoms with Crippen LogP contribution in [0.15, 0.2) is 24.3 Å². The van der Waals surface area contributed by atoms with Gasteiger partial charge in [-0.05, 0) is 25.0 Å². The molecule has 1 aliphatic carbocycles. The predicted octanol–water partition coefficient (Wildman–Crippen LogP) is 2.78. The lowest BCUT2D eigenvalue weighted by Crippen LogP contribution is -2.30. The molecule has 1 fully saturated rings. The fraction of sp³-hybridized carbons (Fsp3) is 0.385. The highest BCUT2D eigenvalue weighted by Crippen LogP contribution is 2.33. The topological polar surface area (TPSA) is 66.4 Å². The molecule has 2 N–H and O–H groups in total. The Morgan fingerprint density at radius 3 is 2.56 bits per heavy atom. The van der Waals surface area contributed by atoms with E-state index in [1.54, 1.807) is 24.3 Å².